The Morgan fingerprint density at radius 1 is 1.29 bits per heavy atom. The summed E-state index contributed by atoms with van der Waals surface area (Å²) < 4.78 is 24.4. The molecule has 0 spiro atoms. The molecule has 1 unspecified atom stereocenters. The van der Waals surface area contributed by atoms with Gasteiger partial charge in [-0.1, -0.05) is 12.5 Å². The van der Waals surface area contributed by atoms with Crippen LogP contribution in [0.5, 0.6) is 11.5 Å². The Morgan fingerprint density at radius 3 is 3.06 bits per heavy atom. The smallest absolute Gasteiger partial charge is 0.231 e. The molecule has 0 radical (unpaired) electrons. The Hall–Kier alpha value is -1.29. The van der Waals surface area contributed by atoms with E-state index >= 15 is 0 Å². The third-order valence-electron chi connectivity index (χ3n) is 3.44. The van der Waals surface area contributed by atoms with Gasteiger partial charge < -0.3 is 14.8 Å². The number of hydrogen-bond donors (Lipinski definition) is 1. The molecule has 2 aliphatic rings. The summed E-state index contributed by atoms with van der Waals surface area (Å²) >= 11 is 0. The van der Waals surface area contributed by atoms with E-state index in [9.17, 15) is 4.39 Å². The third kappa shape index (κ3) is 2.09. The Kier molecular flexibility index (Phi) is 2.89. The molecule has 1 fully saturated rings. The second kappa shape index (κ2) is 4.53. The fourth-order valence-electron chi connectivity index (χ4n) is 2.50. The van der Waals surface area contributed by atoms with E-state index in [-0.39, 0.29) is 18.4 Å². The highest BCUT2D eigenvalue weighted by atomic mass is 19.1. The molecule has 0 amide bonds. The predicted molar refractivity (Wildman–Crippen MR) is 61.9 cm³/mol. The van der Waals surface area contributed by atoms with E-state index in [0.717, 1.165) is 19.4 Å². The fraction of sp³-hybridized carbons (Fsp3) is 0.538. The van der Waals surface area contributed by atoms with Crippen LogP contribution in [0.4, 0.5) is 4.39 Å². The van der Waals surface area contributed by atoms with Crippen molar-refractivity contribution in [3.63, 3.8) is 0 Å². The molecule has 2 aliphatic heterocycles. The minimum atomic E-state index is -0.257. The first-order valence-corrected chi connectivity index (χ1v) is 6.15. The van der Waals surface area contributed by atoms with Crippen LogP contribution in [0.3, 0.4) is 0 Å². The fourth-order valence-corrected chi connectivity index (χ4v) is 2.50. The average Bonchev–Trinajstić information content (AvgIpc) is 2.83. The largest absolute Gasteiger partial charge is 0.453 e. The maximum absolute atomic E-state index is 14.1. The standard InChI is InChI=1S/C13H16FNO2/c14-12-9(7-10-3-1-2-6-15-10)4-5-11-13(12)17-8-16-11/h4-5,10,15H,1-3,6-8H2. The Labute approximate surface area is 99.9 Å². The van der Waals surface area contributed by atoms with Gasteiger partial charge in [0.1, 0.15) is 0 Å². The first-order chi connectivity index (χ1) is 8.34. The topological polar surface area (TPSA) is 30.5 Å². The summed E-state index contributed by atoms with van der Waals surface area (Å²) in [6.07, 6.45) is 4.29. The van der Waals surface area contributed by atoms with Gasteiger partial charge in [0.05, 0.1) is 0 Å². The number of fused-ring (bicyclic) bond motifs is 1. The van der Waals surface area contributed by atoms with Crippen molar-refractivity contribution in [2.75, 3.05) is 13.3 Å². The molecule has 1 aromatic rings. The molecule has 0 aliphatic carbocycles. The lowest BCUT2D eigenvalue weighted by Gasteiger charge is -2.23. The Balaban J connectivity index is 1.78. The van der Waals surface area contributed by atoms with Crippen LogP contribution in [0.25, 0.3) is 0 Å². The van der Waals surface area contributed by atoms with Crippen molar-refractivity contribution in [3.8, 4) is 11.5 Å². The highest BCUT2D eigenvalue weighted by Gasteiger charge is 2.23. The van der Waals surface area contributed by atoms with Gasteiger partial charge in [0.15, 0.2) is 11.6 Å². The van der Waals surface area contributed by atoms with Gasteiger partial charge in [-0.2, -0.15) is 0 Å². The summed E-state index contributed by atoms with van der Waals surface area (Å²) in [5, 5.41) is 3.42. The first-order valence-electron chi connectivity index (χ1n) is 6.15. The third-order valence-corrected chi connectivity index (χ3v) is 3.44. The minimum Gasteiger partial charge on any atom is -0.453 e. The summed E-state index contributed by atoms with van der Waals surface area (Å²) in [6.45, 7) is 1.16. The number of ether oxygens (including phenoxy) is 2. The van der Waals surface area contributed by atoms with Crippen LogP contribution >= 0.6 is 0 Å². The van der Waals surface area contributed by atoms with E-state index in [4.69, 9.17) is 9.47 Å². The summed E-state index contributed by atoms with van der Waals surface area (Å²) in [7, 11) is 0. The second-order valence-electron chi connectivity index (χ2n) is 4.62. The minimum absolute atomic E-state index is 0.122. The van der Waals surface area contributed by atoms with Crippen LogP contribution < -0.4 is 14.8 Å². The highest BCUT2D eigenvalue weighted by Crippen LogP contribution is 2.36. The summed E-state index contributed by atoms with van der Waals surface area (Å²) in [6, 6.07) is 3.99. The van der Waals surface area contributed by atoms with Crippen LogP contribution in [0.15, 0.2) is 12.1 Å². The van der Waals surface area contributed by atoms with E-state index < -0.39 is 0 Å². The normalized spacial score (nSPS) is 22.8. The lowest BCUT2D eigenvalue weighted by atomic mass is 9.97. The molecule has 3 rings (SSSR count). The van der Waals surface area contributed by atoms with Gasteiger partial charge in [0.2, 0.25) is 12.5 Å². The molecule has 3 nitrogen and oxygen atoms in total. The van der Waals surface area contributed by atoms with Crippen LogP contribution in [0.1, 0.15) is 24.8 Å². The Morgan fingerprint density at radius 2 is 2.24 bits per heavy atom. The van der Waals surface area contributed by atoms with E-state index in [0.29, 0.717) is 17.4 Å². The molecule has 4 heteroatoms. The van der Waals surface area contributed by atoms with E-state index in [1.54, 1.807) is 12.1 Å². The number of piperidine rings is 1. The molecular formula is C13H16FNO2. The molecule has 1 saturated heterocycles. The van der Waals surface area contributed by atoms with Gasteiger partial charge in [-0.05, 0) is 37.4 Å². The summed E-state index contributed by atoms with van der Waals surface area (Å²) in [5.41, 5.74) is 0.716. The summed E-state index contributed by atoms with van der Waals surface area (Å²) in [4.78, 5) is 0. The number of halogens is 1. The van der Waals surface area contributed by atoms with Gasteiger partial charge in [-0.15, -0.1) is 0 Å². The molecule has 17 heavy (non-hydrogen) atoms. The Bertz CT molecular complexity index is 416. The zero-order chi connectivity index (χ0) is 11.7. The monoisotopic (exact) mass is 237 g/mol. The molecular weight excluding hydrogens is 221 g/mol. The number of hydrogen-bond acceptors (Lipinski definition) is 3. The first kappa shape index (κ1) is 10.8. The molecule has 1 aromatic carbocycles. The van der Waals surface area contributed by atoms with Crippen molar-refractivity contribution in [2.45, 2.75) is 31.7 Å². The van der Waals surface area contributed by atoms with Gasteiger partial charge in [0.25, 0.3) is 0 Å². The van der Waals surface area contributed by atoms with Crippen LogP contribution in [-0.4, -0.2) is 19.4 Å². The lowest BCUT2D eigenvalue weighted by Crippen LogP contribution is -2.35. The van der Waals surface area contributed by atoms with Crippen molar-refractivity contribution in [1.82, 2.24) is 5.32 Å². The highest BCUT2D eigenvalue weighted by molar-refractivity contribution is 5.46. The molecule has 0 bridgehead atoms. The molecule has 0 saturated carbocycles. The van der Waals surface area contributed by atoms with Gasteiger partial charge in [-0.25, -0.2) is 4.39 Å². The van der Waals surface area contributed by atoms with E-state index in [1.807, 2.05) is 0 Å². The SMILES string of the molecule is Fc1c(CC2CCCCN2)ccc2c1OCO2. The van der Waals surface area contributed by atoms with Gasteiger partial charge in [0, 0.05) is 6.04 Å². The number of nitrogens with one attached hydrogen (secondary N) is 1. The molecule has 0 aromatic heterocycles. The van der Waals surface area contributed by atoms with E-state index in [2.05, 4.69) is 5.32 Å². The molecule has 1 N–H and O–H groups in total. The van der Waals surface area contributed by atoms with Crippen LogP contribution in [-0.2, 0) is 6.42 Å². The van der Waals surface area contributed by atoms with Gasteiger partial charge in [-0.3, -0.25) is 0 Å². The number of rotatable bonds is 2. The van der Waals surface area contributed by atoms with Crippen LogP contribution in [0, 0.1) is 5.82 Å². The van der Waals surface area contributed by atoms with Gasteiger partial charge >= 0.3 is 0 Å². The molecule has 92 valence electrons. The maximum atomic E-state index is 14.1. The zero-order valence-electron chi connectivity index (χ0n) is 9.67. The maximum Gasteiger partial charge on any atom is 0.231 e. The average molecular weight is 237 g/mol. The number of benzene rings is 1. The van der Waals surface area contributed by atoms with Crippen LogP contribution in [0.2, 0.25) is 0 Å². The van der Waals surface area contributed by atoms with Crippen molar-refractivity contribution < 1.29 is 13.9 Å². The predicted octanol–water partition coefficient (Wildman–Crippen LogP) is 2.24. The van der Waals surface area contributed by atoms with Crippen molar-refractivity contribution in [1.29, 1.82) is 0 Å². The second-order valence-corrected chi connectivity index (χ2v) is 4.62. The zero-order valence-corrected chi connectivity index (χ0v) is 9.67. The van der Waals surface area contributed by atoms with Crippen molar-refractivity contribution in [3.05, 3.63) is 23.5 Å². The lowest BCUT2D eigenvalue weighted by molar-refractivity contribution is 0.170. The quantitative estimate of drug-likeness (QED) is 0.855. The van der Waals surface area contributed by atoms with Crippen molar-refractivity contribution in [2.24, 2.45) is 0 Å². The molecule has 1 atom stereocenters. The molecule has 2 heterocycles. The summed E-state index contributed by atoms with van der Waals surface area (Å²) in [5.74, 6) is 0.536. The van der Waals surface area contributed by atoms with E-state index in [1.165, 1.54) is 12.8 Å². The van der Waals surface area contributed by atoms with Crippen molar-refractivity contribution >= 4 is 0 Å².